The van der Waals surface area contributed by atoms with Gasteiger partial charge in [0, 0.05) is 12.7 Å². The standard InChI is InChI=1S/C10H9N3OS/c1-2-6-13-9(14)8-7(12-10(13)15)4-3-5-11-8/h2-5H,1,6H2,(H,12,15). The number of rotatable bonds is 2. The first-order valence-corrected chi connectivity index (χ1v) is 4.83. The molecule has 15 heavy (non-hydrogen) atoms. The van der Waals surface area contributed by atoms with Crippen molar-refractivity contribution in [3.63, 3.8) is 0 Å². The normalized spacial score (nSPS) is 10.4. The number of hydrogen-bond acceptors (Lipinski definition) is 3. The van der Waals surface area contributed by atoms with Gasteiger partial charge in [0.1, 0.15) is 0 Å². The molecule has 0 bridgehead atoms. The Morgan fingerprint density at radius 2 is 2.47 bits per heavy atom. The number of nitrogens with zero attached hydrogens (tertiary/aromatic N) is 2. The Morgan fingerprint density at radius 1 is 1.67 bits per heavy atom. The summed E-state index contributed by atoms with van der Waals surface area (Å²) < 4.78 is 1.82. The molecule has 2 aromatic rings. The molecular weight excluding hydrogens is 210 g/mol. The molecule has 0 radical (unpaired) electrons. The number of aromatic amines is 1. The SMILES string of the molecule is C=CCn1c(=S)[nH]c2cccnc2c1=O. The van der Waals surface area contributed by atoms with Crippen LogP contribution in [0, 0.1) is 4.77 Å². The number of H-pyrrole nitrogens is 1. The molecule has 0 saturated heterocycles. The maximum absolute atomic E-state index is 11.9. The van der Waals surface area contributed by atoms with Crippen molar-refractivity contribution >= 4 is 23.3 Å². The van der Waals surface area contributed by atoms with E-state index < -0.39 is 0 Å². The van der Waals surface area contributed by atoms with E-state index in [1.165, 1.54) is 4.57 Å². The average Bonchev–Trinajstić information content (AvgIpc) is 2.24. The minimum Gasteiger partial charge on any atom is -0.330 e. The highest BCUT2D eigenvalue weighted by Gasteiger charge is 2.03. The third-order valence-electron chi connectivity index (χ3n) is 2.05. The summed E-state index contributed by atoms with van der Waals surface area (Å²) in [4.78, 5) is 18.9. The van der Waals surface area contributed by atoms with Gasteiger partial charge in [0.2, 0.25) is 0 Å². The Morgan fingerprint density at radius 3 is 3.20 bits per heavy atom. The Balaban J connectivity index is 2.90. The van der Waals surface area contributed by atoms with E-state index in [-0.39, 0.29) is 5.56 Å². The van der Waals surface area contributed by atoms with Crippen molar-refractivity contribution in [1.82, 2.24) is 14.5 Å². The van der Waals surface area contributed by atoms with Crippen molar-refractivity contribution in [3.05, 3.63) is 46.1 Å². The lowest BCUT2D eigenvalue weighted by atomic mass is 10.3. The summed E-state index contributed by atoms with van der Waals surface area (Å²) in [7, 11) is 0. The molecule has 0 saturated carbocycles. The molecule has 76 valence electrons. The van der Waals surface area contributed by atoms with Crippen LogP contribution in [0.15, 0.2) is 35.8 Å². The molecule has 0 aromatic carbocycles. The highest BCUT2D eigenvalue weighted by molar-refractivity contribution is 7.71. The minimum absolute atomic E-state index is 0.186. The summed E-state index contributed by atoms with van der Waals surface area (Å²) in [5.41, 5.74) is 0.870. The fourth-order valence-corrected chi connectivity index (χ4v) is 1.64. The molecule has 0 aliphatic carbocycles. The number of fused-ring (bicyclic) bond motifs is 1. The van der Waals surface area contributed by atoms with Crippen molar-refractivity contribution in [2.45, 2.75) is 6.54 Å². The fourth-order valence-electron chi connectivity index (χ4n) is 1.37. The third-order valence-corrected chi connectivity index (χ3v) is 2.38. The van der Waals surface area contributed by atoms with Gasteiger partial charge >= 0.3 is 0 Å². The van der Waals surface area contributed by atoms with Crippen molar-refractivity contribution in [2.24, 2.45) is 0 Å². The largest absolute Gasteiger partial charge is 0.330 e. The molecule has 0 aliphatic rings. The van der Waals surface area contributed by atoms with Crippen molar-refractivity contribution in [1.29, 1.82) is 0 Å². The number of nitrogens with one attached hydrogen (secondary N) is 1. The van der Waals surface area contributed by atoms with E-state index in [2.05, 4.69) is 16.5 Å². The van der Waals surface area contributed by atoms with Crippen LogP contribution in [0.2, 0.25) is 0 Å². The van der Waals surface area contributed by atoms with Crippen molar-refractivity contribution in [3.8, 4) is 0 Å². The van der Waals surface area contributed by atoms with Gasteiger partial charge in [-0.05, 0) is 24.4 Å². The van der Waals surface area contributed by atoms with Crippen LogP contribution in [0.5, 0.6) is 0 Å². The van der Waals surface area contributed by atoms with Crippen LogP contribution in [0.4, 0.5) is 0 Å². The van der Waals surface area contributed by atoms with Gasteiger partial charge in [0.25, 0.3) is 5.56 Å². The van der Waals surface area contributed by atoms with Crippen LogP contribution in [-0.4, -0.2) is 14.5 Å². The van der Waals surface area contributed by atoms with Crippen LogP contribution in [0.3, 0.4) is 0 Å². The number of hydrogen-bond donors (Lipinski definition) is 1. The molecule has 2 rings (SSSR count). The van der Waals surface area contributed by atoms with Crippen LogP contribution in [-0.2, 0) is 6.54 Å². The molecule has 0 amide bonds. The first-order valence-electron chi connectivity index (χ1n) is 4.43. The second-order valence-electron chi connectivity index (χ2n) is 3.03. The smallest absolute Gasteiger partial charge is 0.281 e. The Hall–Kier alpha value is -1.75. The summed E-state index contributed by atoms with van der Waals surface area (Å²) in [6, 6.07) is 3.53. The lowest BCUT2D eigenvalue weighted by Crippen LogP contribution is -2.22. The second kappa shape index (κ2) is 3.78. The van der Waals surface area contributed by atoms with E-state index in [4.69, 9.17) is 12.2 Å². The molecule has 0 spiro atoms. The van der Waals surface area contributed by atoms with E-state index in [0.717, 1.165) is 0 Å². The van der Waals surface area contributed by atoms with Gasteiger partial charge in [-0.1, -0.05) is 6.08 Å². The highest BCUT2D eigenvalue weighted by Crippen LogP contribution is 2.02. The van der Waals surface area contributed by atoms with Crippen molar-refractivity contribution in [2.75, 3.05) is 0 Å². The van der Waals surface area contributed by atoms with Gasteiger partial charge < -0.3 is 4.98 Å². The molecule has 0 atom stereocenters. The number of aromatic nitrogens is 3. The van der Waals surface area contributed by atoms with Crippen LogP contribution < -0.4 is 5.56 Å². The Bertz CT molecular complexity index is 626. The zero-order valence-corrected chi connectivity index (χ0v) is 8.75. The molecule has 0 fully saturated rings. The van der Waals surface area contributed by atoms with Crippen LogP contribution in [0.1, 0.15) is 0 Å². The molecule has 5 heteroatoms. The third kappa shape index (κ3) is 1.61. The first-order chi connectivity index (χ1) is 7.24. The van der Waals surface area contributed by atoms with Crippen molar-refractivity contribution < 1.29 is 0 Å². The zero-order chi connectivity index (χ0) is 10.8. The molecule has 0 aliphatic heterocycles. The summed E-state index contributed by atoms with van der Waals surface area (Å²) in [5, 5.41) is 0. The summed E-state index contributed by atoms with van der Waals surface area (Å²) >= 11 is 5.06. The molecule has 1 N–H and O–H groups in total. The monoisotopic (exact) mass is 219 g/mol. The van der Waals surface area contributed by atoms with E-state index in [1.807, 2.05) is 0 Å². The van der Waals surface area contributed by atoms with E-state index in [9.17, 15) is 4.79 Å². The first kappa shape index (κ1) is 9.79. The average molecular weight is 219 g/mol. The minimum atomic E-state index is -0.186. The maximum atomic E-state index is 11.9. The maximum Gasteiger partial charge on any atom is 0.281 e. The molecular formula is C10H9N3OS. The summed E-state index contributed by atoms with van der Waals surface area (Å²) in [6.45, 7) is 3.97. The van der Waals surface area contributed by atoms with Gasteiger partial charge in [-0.3, -0.25) is 9.36 Å². The summed E-state index contributed by atoms with van der Waals surface area (Å²) in [5.74, 6) is 0. The van der Waals surface area contributed by atoms with Gasteiger partial charge in [0.15, 0.2) is 10.3 Å². The van der Waals surface area contributed by atoms with Crippen LogP contribution in [0.25, 0.3) is 11.0 Å². The summed E-state index contributed by atoms with van der Waals surface area (Å²) in [6.07, 6.45) is 3.21. The predicted octanol–water partition coefficient (Wildman–Crippen LogP) is 1.64. The highest BCUT2D eigenvalue weighted by atomic mass is 32.1. The van der Waals surface area contributed by atoms with Gasteiger partial charge in [-0.2, -0.15) is 0 Å². The van der Waals surface area contributed by atoms with Gasteiger partial charge in [0.05, 0.1) is 5.52 Å². The number of allylic oxidation sites excluding steroid dienone is 1. The second-order valence-corrected chi connectivity index (χ2v) is 3.42. The molecule has 2 aromatic heterocycles. The number of pyridine rings is 1. The topological polar surface area (TPSA) is 50.7 Å². The Kier molecular flexibility index (Phi) is 2.47. The van der Waals surface area contributed by atoms with Crippen LogP contribution >= 0.6 is 12.2 Å². The van der Waals surface area contributed by atoms with E-state index in [1.54, 1.807) is 24.4 Å². The predicted molar refractivity (Wildman–Crippen MR) is 61.4 cm³/mol. The zero-order valence-electron chi connectivity index (χ0n) is 7.93. The van der Waals surface area contributed by atoms with E-state index >= 15 is 0 Å². The fraction of sp³-hybridized carbons (Fsp3) is 0.100. The van der Waals surface area contributed by atoms with Gasteiger partial charge in [-0.25, -0.2) is 4.98 Å². The lowest BCUT2D eigenvalue weighted by Gasteiger charge is -2.03. The van der Waals surface area contributed by atoms with E-state index in [0.29, 0.717) is 22.3 Å². The quantitative estimate of drug-likeness (QED) is 0.617. The van der Waals surface area contributed by atoms with Gasteiger partial charge in [-0.15, -0.1) is 6.58 Å². The molecule has 0 unspecified atom stereocenters. The molecule has 4 nitrogen and oxygen atoms in total. The Labute approximate surface area is 90.9 Å². The molecule has 2 heterocycles. The lowest BCUT2D eigenvalue weighted by molar-refractivity contribution is 0.750.